The van der Waals surface area contributed by atoms with Gasteiger partial charge in [-0.05, 0) is 46.9 Å². The molecule has 7 heteroatoms. The first-order chi connectivity index (χ1) is 11.1. The highest BCUT2D eigenvalue weighted by molar-refractivity contribution is 7.89. The van der Waals surface area contributed by atoms with Gasteiger partial charge in [0.2, 0.25) is 10.0 Å². The number of rotatable bonds is 5. The molecule has 0 spiro atoms. The van der Waals surface area contributed by atoms with Crippen molar-refractivity contribution in [3.63, 3.8) is 0 Å². The molecule has 1 aromatic carbocycles. The van der Waals surface area contributed by atoms with E-state index in [0.717, 1.165) is 5.56 Å². The second kappa shape index (κ2) is 6.74. The Morgan fingerprint density at radius 3 is 2.08 bits per heavy atom. The normalized spacial score (nSPS) is 22.9. The Balaban J connectivity index is 2.51. The van der Waals surface area contributed by atoms with E-state index in [4.69, 9.17) is 0 Å². The highest BCUT2D eigenvalue weighted by Gasteiger charge is 2.48. The quantitative estimate of drug-likeness (QED) is 0.750. The monoisotopic (exact) mass is 352 g/mol. The summed E-state index contributed by atoms with van der Waals surface area (Å²) in [5.41, 5.74) is 0.961. The van der Waals surface area contributed by atoms with Crippen molar-refractivity contribution in [2.75, 3.05) is 13.6 Å². The Hall–Kier alpha value is -1.57. The van der Waals surface area contributed by atoms with Gasteiger partial charge >= 0.3 is 0 Å². The van der Waals surface area contributed by atoms with Gasteiger partial charge in [-0.2, -0.15) is 4.31 Å². The lowest BCUT2D eigenvalue weighted by Crippen LogP contribution is -2.50. The predicted molar refractivity (Wildman–Crippen MR) is 90.9 cm³/mol. The zero-order chi connectivity index (χ0) is 18.2. The van der Waals surface area contributed by atoms with E-state index < -0.39 is 22.1 Å². The largest absolute Gasteiger partial charge is 0.299 e. The Morgan fingerprint density at radius 2 is 1.62 bits per heavy atom. The number of Topliss-reactive ketones (excluding diaryl/α,β-unsaturated/α-hetero) is 2. The molecular formula is C17H24N2O4S. The minimum atomic E-state index is -3.80. The molecule has 1 aliphatic rings. The molecule has 2 unspecified atom stereocenters. The van der Waals surface area contributed by atoms with Crippen LogP contribution in [0.2, 0.25) is 0 Å². The van der Waals surface area contributed by atoms with E-state index in [1.165, 1.54) is 18.2 Å². The molecule has 1 aliphatic heterocycles. The molecule has 0 bridgehead atoms. The molecule has 0 saturated carbocycles. The Kier molecular flexibility index (Phi) is 5.27. The van der Waals surface area contributed by atoms with E-state index in [2.05, 4.69) is 0 Å². The van der Waals surface area contributed by atoms with Gasteiger partial charge in [0, 0.05) is 12.6 Å². The number of carbonyl (C=O) groups is 2. The minimum absolute atomic E-state index is 0.0866. The van der Waals surface area contributed by atoms with E-state index in [-0.39, 0.29) is 29.0 Å². The van der Waals surface area contributed by atoms with Gasteiger partial charge in [-0.15, -0.1) is 0 Å². The molecule has 6 nitrogen and oxygen atoms in total. The van der Waals surface area contributed by atoms with Crippen LogP contribution in [0.25, 0.3) is 0 Å². The summed E-state index contributed by atoms with van der Waals surface area (Å²) in [6.45, 7) is 6.68. The lowest BCUT2D eigenvalue weighted by molar-refractivity contribution is -0.134. The zero-order valence-electron chi connectivity index (χ0n) is 14.7. The molecule has 1 heterocycles. The summed E-state index contributed by atoms with van der Waals surface area (Å²) in [5.74, 6) is -1.63. The summed E-state index contributed by atoms with van der Waals surface area (Å²) in [6.07, 6.45) is -0.790. The number of likely N-dealkylation sites (N-methyl/N-ethyl adjacent to an activating group) is 1. The third kappa shape index (κ3) is 3.29. The first kappa shape index (κ1) is 18.8. The summed E-state index contributed by atoms with van der Waals surface area (Å²) in [4.78, 5) is 26.0. The molecule has 0 radical (unpaired) electrons. The fraction of sp³-hybridized carbons (Fsp3) is 0.529. The van der Waals surface area contributed by atoms with Gasteiger partial charge in [0.1, 0.15) is 17.5 Å². The summed E-state index contributed by atoms with van der Waals surface area (Å²) >= 11 is 0. The Bertz CT molecular complexity index is 728. The van der Waals surface area contributed by atoms with Crippen molar-refractivity contribution in [1.29, 1.82) is 0 Å². The van der Waals surface area contributed by atoms with E-state index in [1.54, 1.807) is 36.2 Å². The summed E-state index contributed by atoms with van der Waals surface area (Å²) < 4.78 is 27.4. The van der Waals surface area contributed by atoms with Crippen LogP contribution in [0, 0.1) is 12.8 Å². The number of hydrogen-bond acceptors (Lipinski definition) is 5. The van der Waals surface area contributed by atoms with Gasteiger partial charge in [-0.25, -0.2) is 8.42 Å². The lowest BCUT2D eigenvalue weighted by atomic mass is 9.97. The first-order valence-corrected chi connectivity index (χ1v) is 9.32. The average Bonchev–Trinajstić information content (AvgIpc) is 2.76. The van der Waals surface area contributed by atoms with Crippen LogP contribution in [-0.4, -0.2) is 55.0 Å². The van der Waals surface area contributed by atoms with Crippen LogP contribution in [-0.2, 0) is 19.6 Å². The van der Waals surface area contributed by atoms with Gasteiger partial charge in [0.15, 0.2) is 0 Å². The molecule has 0 N–H and O–H groups in total. The average molecular weight is 352 g/mol. The molecule has 24 heavy (non-hydrogen) atoms. The summed E-state index contributed by atoms with van der Waals surface area (Å²) in [6, 6.07) is 6.50. The van der Waals surface area contributed by atoms with Crippen LogP contribution in [0.1, 0.15) is 26.3 Å². The smallest absolute Gasteiger partial charge is 0.244 e. The molecule has 132 valence electrons. The number of hydrogen-bond donors (Lipinski definition) is 0. The predicted octanol–water partition coefficient (Wildman–Crippen LogP) is 1.44. The highest BCUT2D eigenvalue weighted by atomic mass is 32.2. The topological polar surface area (TPSA) is 74.8 Å². The van der Waals surface area contributed by atoms with Crippen LogP contribution in [0.3, 0.4) is 0 Å². The van der Waals surface area contributed by atoms with E-state index in [1.807, 2.05) is 13.8 Å². The standard InChI is InChI=1S/C17H24N2O4S/c1-11-6-8-15(9-7-11)24(22,23)19-10-12(2)18(5)17(19)16(13(3)20)14(4)21/h6-9,12,16-17H,10H2,1-5H3. The molecule has 0 aliphatic carbocycles. The van der Waals surface area contributed by atoms with Gasteiger partial charge in [0.25, 0.3) is 0 Å². The van der Waals surface area contributed by atoms with Gasteiger partial charge in [-0.1, -0.05) is 17.7 Å². The van der Waals surface area contributed by atoms with Crippen molar-refractivity contribution in [3.05, 3.63) is 29.8 Å². The van der Waals surface area contributed by atoms with Gasteiger partial charge < -0.3 is 0 Å². The minimum Gasteiger partial charge on any atom is -0.299 e. The molecule has 2 rings (SSSR count). The lowest BCUT2D eigenvalue weighted by Gasteiger charge is -2.32. The fourth-order valence-corrected chi connectivity index (χ4v) is 4.87. The van der Waals surface area contributed by atoms with E-state index in [9.17, 15) is 18.0 Å². The maximum Gasteiger partial charge on any atom is 0.244 e. The van der Waals surface area contributed by atoms with Crippen LogP contribution < -0.4 is 0 Å². The van der Waals surface area contributed by atoms with Crippen LogP contribution in [0.5, 0.6) is 0 Å². The fourth-order valence-electron chi connectivity index (χ4n) is 3.15. The van der Waals surface area contributed by atoms with Crippen LogP contribution in [0.15, 0.2) is 29.2 Å². The van der Waals surface area contributed by atoms with E-state index >= 15 is 0 Å². The van der Waals surface area contributed by atoms with Crippen molar-refractivity contribution in [2.45, 2.75) is 44.8 Å². The summed E-state index contributed by atoms with van der Waals surface area (Å²) in [7, 11) is -2.05. The summed E-state index contributed by atoms with van der Waals surface area (Å²) in [5, 5.41) is 0. The maximum atomic E-state index is 13.1. The van der Waals surface area contributed by atoms with Crippen molar-refractivity contribution in [3.8, 4) is 0 Å². The van der Waals surface area contributed by atoms with Gasteiger partial charge in [0.05, 0.1) is 11.1 Å². The molecule has 2 atom stereocenters. The van der Waals surface area contributed by atoms with Crippen LogP contribution in [0.4, 0.5) is 0 Å². The number of sulfonamides is 1. The van der Waals surface area contributed by atoms with Crippen molar-refractivity contribution in [1.82, 2.24) is 9.21 Å². The first-order valence-electron chi connectivity index (χ1n) is 7.88. The number of nitrogens with zero attached hydrogens (tertiary/aromatic N) is 2. The highest BCUT2D eigenvalue weighted by Crippen LogP contribution is 2.31. The Morgan fingerprint density at radius 1 is 1.12 bits per heavy atom. The molecule has 1 aromatic rings. The third-order valence-corrected chi connectivity index (χ3v) is 6.50. The number of ketones is 2. The molecule has 0 aromatic heterocycles. The molecule has 1 fully saturated rings. The second-order valence-electron chi connectivity index (χ2n) is 6.51. The van der Waals surface area contributed by atoms with Gasteiger partial charge in [-0.3, -0.25) is 14.5 Å². The number of aryl methyl sites for hydroxylation is 1. The third-order valence-electron chi connectivity index (χ3n) is 4.65. The maximum absolute atomic E-state index is 13.1. The van der Waals surface area contributed by atoms with Crippen molar-refractivity contribution in [2.24, 2.45) is 5.92 Å². The number of carbonyl (C=O) groups excluding carboxylic acids is 2. The number of benzene rings is 1. The molecular weight excluding hydrogens is 328 g/mol. The Labute approximate surface area is 143 Å². The van der Waals surface area contributed by atoms with Crippen molar-refractivity contribution < 1.29 is 18.0 Å². The molecule has 1 saturated heterocycles. The zero-order valence-corrected chi connectivity index (χ0v) is 15.5. The van der Waals surface area contributed by atoms with Crippen LogP contribution >= 0.6 is 0 Å². The second-order valence-corrected chi connectivity index (χ2v) is 8.41. The molecule has 0 amide bonds. The SMILES string of the molecule is CC(=O)C(C(C)=O)C1N(C)C(C)CN1S(=O)(=O)c1ccc(C)cc1. The van der Waals surface area contributed by atoms with E-state index in [0.29, 0.717) is 0 Å². The van der Waals surface area contributed by atoms with Crippen molar-refractivity contribution >= 4 is 21.6 Å².